The zero-order valence-electron chi connectivity index (χ0n) is 53.4. The highest BCUT2D eigenvalue weighted by Gasteiger charge is 2.66. The van der Waals surface area contributed by atoms with E-state index in [1.54, 1.807) is 50.6 Å². The number of aromatic nitrogens is 3. The number of alkyl halides is 3. The summed E-state index contributed by atoms with van der Waals surface area (Å²) in [5.74, 6) is -3.31. The first-order valence-corrected chi connectivity index (χ1v) is 31.5. The summed E-state index contributed by atoms with van der Waals surface area (Å²) in [6, 6.07) is 23.5. The second kappa shape index (κ2) is 24.4. The summed E-state index contributed by atoms with van der Waals surface area (Å²) in [5, 5.41) is 23.8. The van der Waals surface area contributed by atoms with Gasteiger partial charge in [-0.25, -0.2) is 19.4 Å². The van der Waals surface area contributed by atoms with Gasteiger partial charge in [0.15, 0.2) is 16.2 Å². The number of benzene rings is 3. The Morgan fingerprint density at radius 2 is 0.887 bits per heavy atom. The van der Waals surface area contributed by atoms with Crippen LogP contribution in [0.2, 0.25) is 0 Å². The van der Waals surface area contributed by atoms with E-state index in [4.69, 9.17) is 18.9 Å². The molecule has 7 N–H and O–H groups in total. The lowest BCUT2D eigenvalue weighted by molar-refractivity contribution is -0.154. The average Bonchev–Trinajstić information content (AvgIpc) is 0.723. The molecular formula is C68H67F3N12O14. The highest BCUT2D eigenvalue weighted by molar-refractivity contribution is 6.22. The van der Waals surface area contributed by atoms with Crippen LogP contribution in [0.4, 0.5) is 44.6 Å². The second-order valence-electron chi connectivity index (χ2n) is 25.8. The molecule has 6 fully saturated rings. The number of amides is 12. The number of carbonyl (C=O) groups excluding carboxylic acids is 9. The van der Waals surface area contributed by atoms with Crippen molar-refractivity contribution in [2.75, 3.05) is 41.4 Å². The Morgan fingerprint density at radius 3 is 1.26 bits per heavy atom. The third-order valence-electron chi connectivity index (χ3n) is 19.6. The topological polar surface area (TPSA) is 331 Å². The lowest BCUT2D eigenvalue weighted by atomic mass is 9.66. The van der Waals surface area contributed by atoms with Crippen LogP contribution in [0.3, 0.4) is 0 Å². The molecule has 6 aromatic rings. The van der Waals surface area contributed by atoms with Crippen LogP contribution in [0.5, 0.6) is 11.6 Å². The van der Waals surface area contributed by atoms with Crippen LogP contribution >= 0.6 is 0 Å². The van der Waals surface area contributed by atoms with Gasteiger partial charge >= 0.3 is 24.3 Å². The van der Waals surface area contributed by atoms with Crippen LogP contribution in [0, 0.1) is 16.2 Å². The third kappa shape index (κ3) is 11.1. The molecule has 0 aliphatic carbocycles. The maximum atomic E-state index is 13.2. The van der Waals surface area contributed by atoms with Crippen molar-refractivity contribution in [3.05, 3.63) is 132 Å². The van der Waals surface area contributed by atoms with Crippen LogP contribution in [-0.4, -0.2) is 155 Å². The van der Waals surface area contributed by atoms with E-state index in [1.807, 2.05) is 99.0 Å². The van der Waals surface area contributed by atoms with E-state index in [0.29, 0.717) is 53.6 Å². The summed E-state index contributed by atoms with van der Waals surface area (Å²) in [5.41, 5.74) is 2.94. The number of hydrogen-bond acceptors (Lipinski definition) is 20. The van der Waals surface area contributed by atoms with Gasteiger partial charge in [0.2, 0.25) is 41.3 Å². The molecule has 504 valence electrons. The van der Waals surface area contributed by atoms with Crippen molar-refractivity contribution in [3.8, 4) is 45.4 Å². The van der Waals surface area contributed by atoms with E-state index in [2.05, 4.69) is 51.8 Å². The smallest absolute Gasteiger partial charge is 0.417 e. The van der Waals surface area contributed by atoms with Gasteiger partial charge < -0.3 is 38.8 Å². The van der Waals surface area contributed by atoms with E-state index >= 15 is 0 Å². The van der Waals surface area contributed by atoms with Crippen LogP contribution in [0.25, 0.3) is 33.8 Å². The maximum absolute atomic E-state index is 13.2. The minimum absolute atomic E-state index is 0.00893. The number of nitrogens with zero attached hydrogens (tertiary/aromatic N) is 6. The fourth-order valence-electron chi connectivity index (χ4n) is 15.9. The number of morpholine rings is 3. The molecule has 3 aromatic carbocycles. The molecule has 3 aromatic heterocycles. The van der Waals surface area contributed by atoms with E-state index in [9.17, 15) is 61.4 Å². The number of aromatic hydroxyl groups is 1. The number of pyridine rings is 3. The van der Waals surface area contributed by atoms with E-state index in [1.165, 1.54) is 6.07 Å². The molecule has 9 aliphatic rings. The molecule has 15 rings (SSSR count). The monoisotopic (exact) mass is 1330 g/mol. The minimum atomic E-state index is -4.49. The zero-order chi connectivity index (χ0) is 68.9. The summed E-state index contributed by atoms with van der Waals surface area (Å²) in [7, 11) is 1.56. The highest BCUT2D eigenvalue weighted by Crippen LogP contribution is 2.51. The number of nitrogens with one attached hydrogen (secondary N) is 6. The number of urea groups is 3. The molecule has 0 bridgehead atoms. The first-order valence-electron chi connectivity index (χ1n) is 31.5. The number of hydrogen-bond donors (Lipinski definition) is 7. The predicted octanol–water partition coefficient (Wildman–Crippen LogP) is 5.65. The second-order valence-corrected chi connectivity index (χ2v) is 25.8. The fourth-order valence-corrected chi connectivity index (χ4v) is 15.9. The number of barbiturate groups is 3. The Bertz CT molecular complexity index is 4250. The average molecular weight is 1330 g/mol. The van der Waals surface area contributed by atoms with Crippen molar-refractivity contribution in [3.63, 3.8) is 0 Å². The van der Waals surface area contributed by atoms with Gasteiger partial charge in [-0.3, -0.25) is 70.6 Å². The summed E-state index contributed by atoms with van der Waals surface area (Å²) in [6.07, 6.45) is -3.57. The Balaban J connectivity index is 0.000000131. The molecule has 3 spiro atoms. The van der Waals surface area contributed by atoms with Gasteiger partial charge in [-0.2, -0.15) is 13.2 Å². The maximum Gasteiger partial charge on any atom is 0.417 e. The largest absolute Gasteiger partial charge is 0.506 e. The van der Waals surface area contributed by atoms with Gasteiger partial charge in [0.1, 0.15) is 11.4 Å². The van der Waals surface area contributed by atoms with Crippen molar-refractivity contribution < 1.29 is 80.4 Å². The minimum Gasteiger partial charge on any atom is -0.506 e. The molecule has 0 unspecified atom stereocenters. The van der Waals surface area contributed by atoms with Crippen molar-refractivity contribution >= 4 is 70.6 Å². The molecule has 12 heterocycles. The lowest BCUT2D eigenvalue weighted by Crippen LogP contribution is -2.75. The molecule has 6 saturated heterocycles. The van der Waals surface area contributed by atoms with Gasteiger partial charge in [-0.15, -0.1) is 0 Å². The van der Waals surface area contributed by atoms with Crippen molar-refractivity contribution in [2.24, 2.45) is 16.2 Å². The Hall–Kier alpha value is -10.4. The number of ether oxygens (including phenoxy) is 4. The predicted molar refractivity (Wildman–Crippen MR) is 339 cm³/mol. The fraction of sp³-hybridized carbons (Fsp3) is 0.382. The van der Waals surface area contributed by atoms with Crippen molar-refractivity contribution in [1.29, 1.82) is 0 Å². The number of imide groups is 6. The molecule has 26 nitrogen and oxygen atoms in total. The SMILES string of the molecule is COc1cccc(-c2ccc3c(c2)CC2(C(=O)NC(=O)NC2=O)[C@H]2[C@H](C)O[C@H](C)CN32)n1.C[C@@H]1CN2c3ccc(-c4ccc(C(F)(F)F)cn4)cc3CC3(C(=O)NC(=O)NC3=O)[C@H]2[C@H](C)O1.C[C@@H]1CN2c3ccc(-c4ncccc4O)cc3CC3(C(=O)NC(=O)NC3=O)[C@H]2[C@H](C)O1. The Labute approximate surface area is 552 Å². The van der Waals surface area contributed by atoms with Crippen LogP contribution in [0.1, 0.15) is 63.8 Å². The van der Waals surface area contributed by atoms with E-state index in [-0.39, 0.29) is 43.3 Å². The van der Waals surface area contributed by atoms with Crippen molar-refractivity contribution in [2.45, 2.75) is 122 Å². The van der Waals surface area contributed by atoms with E-state index in [0.717, 1.165) is 51.7 Å². The van der Waals surface area contributed by atoms with Gasteiger partial charge in [0.25, 0.3) is 0 Å². The number of fused-ring (bicyclic) bond motifs is 12. The molecule has 29 heteroatoms. The van der Waals surface area contributed by atoms with Crippen molar-refractivity contribution in [1.82, 2.24) is 46.9 Å². The number of halogens is 3. The first-order chi connectivity index (χ1) is 46.1. The third-order valence-corrected chi connectivity index (χ3v) is 19.6. The molecule has 9 aliphatic heterocycles. The number of rotatable bonds is 4. The summed E-state index contributed by atoms with van der Waals surface area (Å²) in [4.78, 5) is 133. The highest BCUT2D eigenvalue weighted by atomic mass is 19.4. The normalized spacial score (nSPS) is 26.3. The first kappa shape index (κ1) is 65.3. The number of carbonyl (C=O) groups is 9. The number of methoxy groups -OCH3 is 1. The van der Waals surface area contributed by atoms with Crippen LogP contribution < -0.4 is 51.3 Å². The molecule has 12 amide bonds. The van der Waals surface area contributed by atoms with Gasteiger partial charge in [-0.1, -0.05) is 24.3 Å². The summed E-state index contributed by atoms with van der Waals surface area (Å²) in [6.45, 7) is 12.7. The summed E-state index contributed by atoms with van der Waals surface area (Å²) < 4.78 is 62.0. The summed E-state index contributed by atoms with van der Waals surface area (Å²) >= 11 is 0. The molecule has 9 atom stereocenters. The van der Waals surface area contributed by atoms with Gasteiger partial charge in [0, 0.05) is 71.8 Å². The van der Waals surface area contributed by atoms with Crippen LogP contribution in [0.15, 0.2) is 109 Å². The molecule has 0 radical (unpaired) electrons. The molecule has 97 heavy (non-hydrogen) atoms. The van der Waals surface area contributed by atoms with Crippen LogP contribution in [-0.2, 0) is 68.4 Å². The quantitative estimate of drug-likeness (QED) is 0.105. The molecule has 0 saturated carbocycles. The Kier molecular flexibility index (Phi) is 16.4. The standard InChI is InChI=1S/C23H21F3N4O4.C23H24N4O5.C22H22N4O5/c1-11-10-30-17-6-3-13(16-5-4-15(9-27-16)23(24,25)26)7-14(17)8-22(18(30)12(2)34-11)19(31)28-21(33)29-20(22)32;1-12-11-27-17-8-7-14(16-5-4-6-18(24-16)31-3)9-15(17)10-23(19(27)13(2)32-12)20(28)25-22(30)26-21(23)29;1-11-10-26-15-6-5-13(17-16(27)4-3-7-23-17)8-14(15)9-22(18(26)12(2)31-11)19(28)24-21(30)25-20(22)29/h3-7,9,11-12,18H,8,10H2,1-2H3,(H2,28,29,31,32,33);4-9,12-13,19H,10-11H2,1-3H3,(H2,25,26,28,29,30);3-8,11-12,18,27H,9-10H2,1-2H3,(H2,24,25,28,29,30)/t11-,12+,18-;12-,13+,19-;11-,12+,18-/m111/s1. The zero-order valence-corrected chi connectivity index (χ0v) is 53.4. The Morgan fingerprint density at radius 1 is 0.495 bits per heavy atom. The van der Waals surface area contributed by atoms with E-state index < -0.39 is 118 Å². The van der Waals surface area contributed by atoms with Gasteiger partial charge in [-0.05, 0) is 144 Å². The number of anilines is 3. The molecular weight excluding hydrogens is 1270 g/mol. The lowest BCUT2D eigenvalue weighted by Gasteiger charge is -2.55. The van der Waals surface area contributed by atoms with Gasteiger partial charge in [0.05, 0.1) is 78.8 Å².